The lowest BCUT2D eigenvalue weighted by Gasteiger charge is -2.34. The van der Waals surface area contributed by atoms with Gasteiger partial charge in [-0.2, -0.15) is 18.6 Å². The molecule has 0 atom stereocenters. The first-order valence-electron chi connectivity index (χ1n) is 15.1. The molecule has 0 bridgehead atoms. The Morgan fingerprint density at radius 1 is 1.14 bits per heavy atom. The summed E-state index contributed by atoms with van der Waals surface area (Å²) in [5.74, 6) is 0.740. The minimum absolute atomic E-state index is 0.000820. The van der Waals surface area contributed by atoms with E-state index < -0.39 is 16.5 Å². The lowest BCUT2D eigenvalue weighted by Crippen LogP contribution is -2.38. The van der Waals surface area contributed by atoms with E-state index in [9.17, 15) is 22.0 Å². The largest absolute Gasteiger partial charge is 0.338 e. The molecule has 0 radical (unpaired) electrons. The van der Waals surface area contributed by atoms with Gasteiger partial charge in [-0.25, -0.2) is 8.78 Å². The molecule has 14 heteroatoms. The Morgan fingerprint density at radius 2 is 1.91 bits per heavy atom. The van der Waals surface area contributed by atoms with E-state index in [0.29, 0.717) is 43.7 Å². The van der Waals surface area contributed by atoms with E-state index in [2.05, 4.69) is 19.6 Å². The molecular weight excluding hydrogens is 592 g/mol. The maximum atomic E-state index is 14.5. The maximum Gasteiger partial charge on any atom is 0.264 e. The molecule has 6 rings (SSSR count). The standard InChI is InChI=1S/C30H39F2N7O4S/c1-20(40)37-12-8-27-26(19-37)30(34-39(27)23-6-10-36(11-7-23)13-14-43-44(3,41)42)38-9-4-5-21-15-24(22-17-33-35(2)18-22)25(29(31)32)16-28(21)38/h15-18,23,29H,4-14,19H2,1-3H3. The van der Waals surface area contributed by atoms with Gasteiger partial charge in [0.15, 0.2) is 5.82 Å². The third kappa shape index (κ3) is 6.24. The van der Waals surface area contributed by atoms with Crippen molar-refractivity contribution in [1.82, 2.24) is 29.4 Å². The molecule has 3 aromatic rings. The number of piperidine rings is 1. The Bertz CT molecular complexity index is 1650. The normalized spacial score (nSPS) is 18.1. The highest BCUT2D eigenvalue weighted by Crippen LogP contribution is 2.43. The van der Waals surface area contributed by atoms with Gasteiger partial charge in [-0.1, -0.05) is 0 Å². The number of carbonyl (C=O) groups excluding carboxylic acids is 1. The number of alkyl halides is 2. The molecule has 44 heavy (non-hydrogen) atoms. The molecule has 5 heterocycles. The van der Waals surface area contributed by atoms with Crippen LogP contribution in [0.15, 0.2) is 24.5 Å². The second-order valence-corrected chi connectivity index (χ2v) is 13.7. The zero-order chi connectivity index (χ0) is 31.2. The molecule has 1 amide bonds. The zero-order valence-electron chi connectivity index (χ0n) is 25.4. The van der Waals surface area contributed by atoms with E-state index in [0.717, 1.165) is 73.4 Å². The number of likely N-dealkylation sites (tertiary alicyclic amines) is 1. The number of carbonyl (C=O) groups is 1. The van der Waals surface area contributed by atoms with Crippen LogP contribution in [0.25, 0.3) is 11.1 Å². The fraction of sp³-hybridized carbons (Fsp3) is 0.567. The van der Waals surface area contributed by atoms with Gasteiger partial charge in [0.05, 0.1) is 31.6 Å². The van der Waals surface area contributed by atoms with Crippen molar-refractivity contribution in [2.45, 2.75) is 58.0 Å². The molecule has 11 nitrogen and oxygen atoms in total. The first-order valence-corrected chi connectivity index (χ1v) is 16.9. The number of benzene rings is 1. The van der Waals surface area contributed by atoms with Gasteiger partial charge in [-0.3, -0.25) is 18.3 Å². The maximum absolute atomic E-state index is 14.5. The van der Waals surface area contributed by atoms with E-state index in [4.69, 9.17) is 9.28 Å². The Hall–Kier alpha value is -3.36. The van der Waals surface area contributed by atoms with Gasteiger partial charge >= 0.3 is 0 Å². The summed E-state index contributed by atoms with van der Waals surface area (Å²) < 4.78 is 60.3. The molecule has 0 aliphatic carbocycles. The molecule has 0 N–H and O–H groups in total. The molecule has 3 aliphatic heterocycles. The van der Waals surface area contributed by atoms with Gasteiger partial charge in [0, 0.05) is 87.4 Å². The van der Waals surface area contributed by atoms with Crippen molar-refractivity contribution >= 4 is 27.5 Å². The fourth-order valence-corrected chi connectivity index (χ4v) is 7.16. The minimum Gasteiger partial charge on any atom is -0.338 e. The van der Waals surface area contributed by atoms with Gasteiger partial charge in [0.25, 0.3) is 16.5 Å². The fourth-order valence-electron chi connectivity index (χ4n) is 6.78. The van der Waals surface area contributed by atoms with E-state index in [1.807, 2.05) is 11.0 Å². The van der Waals surface area contributed by atoms with Crippen LogP contribution in [0.1, 0.15) is 61.0 Å². The number of halogens is 2. The Balaban J connectivity index is 1.33. The molecule has 0 unspecified atom stereocenters. The smallest absolute Gasteiger partial charge is 0.264 e. The van der Waals surface area contributed by atoms with Crippen LogP contribution in [0.2, 0.25) is 0 Å². The number of anilines is 2. The summed E-state index contributed by atoms with van der Waals surface area (Å²) in [6.45, 7) is 5.48. The van der Waals surface area contributed by atoms with Gasteiger partial charge < -0.3 is 14.7 Å². The number of aryl methyl sites for hydroxylation is 2. The van der Waals surface area contributed by atoms with Gasteiger partial charge in [0.2, 0.25) is 5.91 Å². The molecule has 2 aromatic heterocycles. The first kappa shape index (κ1) is 30.7. The number of amides is 1. The third-order valence-corrected chi connectivity index (χ3v) is 9.59. The molecule has 1 fully saturated rings. The highest BCUT2D eigenvalue weighted by Gasteiger charge is 2.34. The average molecular weight is 632 g/mol. The molecule has 1 saturated heterocycles. The minimum atomic E-state index is -3.47. The number of hydrogen-bond donors (Lipinski definition) is 0. The topological polar surface area (TPSA) is 106 Å². The van der Waals surface area contributed by atoms with E-state index >= 15 is 0 Å². The van der Waals surface area contributed by atoms with Crippen molar-refractivity contribution in [1.29, 1.82) is 0 Å². The Labute approximate surface area is 256 Å². The van der Waals surface area contributed by atoms with E-state index in [1.165, 1.54) is 0 Å². The van der Waals surface area contributed by atoms with Crippen LogP contribution in [0, 0.1) is 0 Å². The molecule has 0 spiro atoms. The molecular formula is C30H39F2N7O4S. The van der Waals surface area contributed by atoms with Crippen LogP contribution in [0.5, 0.6) is 0 Å². The molecule has 238 valence electrons. The molecule has 0 saturated carbocycles. The predicted octanol–water partition coefficient (Wildman–Crippen LogP) is 3.82. The van der Waals surface area contributed by atoms with Crippen LogP contribution in [-0.2, 0) is 45.5 Å². The number of fused-ring (bicyclic) bond motifs is 2. The lowest BCUT2D eigenvalue weighted by atomic mass is 9.92. The van der Waals surface area contributed by atoms with E-state index in [1.54, 1.807) is 37.1 Å². The second kappa shape index (κ2) is 12.2. The predicted molar refractivity (Wildman–Crippen MR) is 161 cm³/mol. The monoisotopic (exact) mass is 631 g/mol. The van der Waals surface area contributed by atoms with Crippen molar-refractivity contribution in [3.8, 4) is 11.1 Å². The third-order valence-electron chi connectivity index (χ3n) is 8.99. The molecule has 3 aliphatic rings. The number of rotatable bonds is 8. The van der Waals surface area contributed by atoms with Crippen molar-refractivity contribution in [2.24, 2.45) is 7.05 Å². The second-order valence-electron chi connectivity index (χ2n) is 12.0. The van der Waals surface area contributed by atoms with Crippen LogP contribution < -0.4 is 4.90 Å². The lowest BCUT2D eigenvalue weighted by molar-refractivity contribution is -0.129. The summed E-state index contributed by atoms with van der Waals surface area (Å²) in [6.07, 6.45) is 5.73. The van der Waals surface area contributed by atoms with Gasteiger partial charge in [-0.15, -0.1) is 0 Å². The SMILES string of the molecule is CC(=O)N1CCc2c(c(N3CCCc4cc(-c5cnn(C)c5)c(C(F)F)cc43)nn2C2CCN(CCOS(C)(=O)=O)CC2)C1. The first-order chi connectivity index (χ1) is 21.0. The number of nitrogens with zero attached hydrogens (tertiary/aromatic N) is 7. The van der Waals surface area contributed by atoms with Crippen LogP contribution in [0.3, 0.4) is 0 Å². The van der Waals surface area contributed by atoms with Crippen molar-refractivity contribution in [3.63, 3.8) is 0 Å². The van der Waals surface area contributed by atoms with Crippen molar-refractivity contribution in [2.75, 3.05) is 50.5 Å². The summed E-state index contributed by atoms with van der Waals surface area (Å²) in [5, 5.41) is 9.39. The molecule has 1 aromatic carbocycles. The summed E-state index contributed by atoms with van der Waals surface area (Å²) in [7, 11) is -1.70. The van der Waals surface area contributed by atoms with Crippen molar-refractivity contribution < 1.29 is 26.2 Å². The van der Waals surface area contributed by atoms with Crippen LogP contribution in [-0.4, -0.2) is 89.3 Å². The quantitative estimate of drug-likeness (QED) is 0.346. The van der Waals surface area contributed by atoms with Crippen LogP contribution in [0.4, 0.5) is 20.3 Å². The Kier molecular flexibility index (Phi) is 8.50. The van der Waals surface area contributed by atoms with Gasteiger partial charge in [-0.05, 0) is 48.9 Å². The average Bonchev–Trinajstić information content (AvgIpc) is 3.59. The number of hydrogen-bond acceptors (Lipinski definition) is 8. The van der Waals surface area contributed by atoms with Gasteiger partial charge in [0.1, 0.15) is 0 Å². The summed E-state index contributed by atoms with van der Waals surface area (Å²) in [5.41, 5.74) is 4.95. The summed E-state index contributed by atoms with van der Waals surface area (Å²) >= 11 is 0. The van der Waals surface area contributed by atoms with Crippen molar-refractivity contribution in [3.05, 3.63) is 46.9 Å². The van der Waals surface area contributed by atoms with Crippen LogP contribution >= 0.6 is 0 Å². The number of aromatic nitrogens is 4. The van der Waals surface area contributed by atoms with E-state index in [-0.39, 0.29) is 24.1 Å². The summed E-state index contributed by atoms with van der Waals surface area (Å²) in [6, 6.07) is 3.65. The highest BCUT2D eigenvalue weighted by molar-refractivity contribution is 7.85. The zero-order valence-corrected chi connectivity index (χ0v) is 26.2. The Morgan fingerprint density at radius 3 is 2.57 bits per heavy atom. The highest BCUT2D eigenvalue weighted by atomic mass is 32.2. The summed E-state index contributed by atoms with van der Waals surface area (Å²) in [4.78, 5) is 18.5.